The molecule has 0 bridgehead atoms. The fourth-order valence-electron chi connectivity index (χ4n) is 2.27. The van der Waals surface area contributed by atoms with E-state index in [1.54, 1.807) is 18.3 Å². The van der Waals surface area contributed by atoms with Gasteiger partial charge in [-0.3, -0.25) is 4.79 Å². The van der Waals surface area contributed by atoms with Crippen molar-refractivity contribution in [3.8, 4) is 6.07 Å². The van der Waals surface area contributed by atoms with Crippen LogP contribution in [0.25, 0.3) is 0 Å². The number of pyridine rings is 1. The van der Waals surface area contributed by atoms with Gasteiger partial charge in [0.2, 0.25) is 0 Å². The Morgan fingerprint density at radius 1 is 1.44 bits per heavy atom. The summed E-state index contributed by atoms with van der Waals surface area (Å²) >= 11 is 0. The van der Waals surface area contributed by atoms with Crippen molar-refractivity contribution in [1.29, 1.82) is 5.26 Å². The third-order valence-corrected chi connectivity index (χ3v) is 3.32. The molecule has 1 aliphatic rings. The van der Waals surface area contributed by atoms with Gasteiger partial charge in [0, 0.05) is 12.2 Å². The Hall–Kier alpha value is -2.09. The number of nitrogens with one attached hydrogen (secondary N) is 1. The third kappa shape index (κ3) is 2.98. The molecule has 0 aliphatic heterocycles. The molecular formula is C13H15N3O2. The van der Waals surface area contributed by atoms with Crippen molar-refractivity contribution < 1.29 is 9.90 Å². The molecule has 0 radical (unpaired) electrons. The van der Waals surface area contributed by atoms with E-state index in [1.807, 2.05) is 0 Å². The number of hydrogen-bond donors (Lipinski definition) is 2. The van der Waals surface area contributed by atoms with Crippen LogP contribution in [-0.4, -0.2) is 22.1 Å². The monoisotopic (exact) mass is 245 g/mol. The van der Waals surface area contributed by atoms with Crippen molar-refractivity contribution in [2.24, 2.45) is 5.92 Å². The molecule has 1 aromatic rings. The third-order valence-electron chi connectivity index (χ3n) is 3.32. The Labute approximate surface area is 105 Å². The lowest BCUT2D eigenvalue weighted by Gasteiger charge is -2.27. The van der Waals surface area contributed by atoms with Crippen LogP contribution in [0, 0.1) is 17.2 Å². The molecule has 1 fully saturated rings. The highest BCUT2D eigenvalue weighted by Gasteiger charge is 2.25. The minimum atomic E-state index is -0.696. The summed E-state index contributed by atoms with van der Waals surface area (Å²) in [5, 5.41) is 21.0. The second-order valence-corrected chi connectivity index (χ2v) is 4.57. The van der Waals surface area contributed by atoms with E-state index in [-0.39, 0.29) is 12.0 Å². The van der Waals surface area contributed by atoms with E-state index in [0.29, 0.717) is 24.2 Å². The lowest BCUT2D eigenvalue weighted by atomic mass is 9.86. The molecule has 1 saturated carbocycles. The van der Waals surface area contributed by atoms with Gasteiger partial charge in [-0.1, -0.05) is 0 Å². The number of carbonyl (C=O) groups is 1. The highest BCUT2D eigenvalue weighted by Crippen LogP contribution is 2.26. The Morgan fingerprint density at radius 3 is 2.78 bits per heavy atom. The average molecular weight is 245 g/mol. The van der Waals surface area contributed by atoms with Crippen molar-refractivity contribution in [3.63, 3.8) is 0 Å². The molecule has 2 N–H and O–H groups in total. The fraction of sp³-hybridized carbons (Fsp3) is 0.462. The van der Waals surface area contributed by atoms with Gasteiger partial charge in [0.05, 0.1) is 17.6 Å². The quantitative estimate of drug-likeness (QED) is 0.850. The van der Waals surface area contributed by atoms with Crippen LogP contribution in [0.4, 0.5) is 5.82 Å². The number of carboxylic acid groups (broad SMARTS) is 1. The number of anilines is 1. The zero-order valence-corrected chi connectivity index (χ0v) is 9.97. The van der Waals surface area contributed by atoms with Crippen LogP contribution in [0.1, 0.15) is 31.2 Å². The first-order valence-corrected chi connectivity index (χ1v) is 6.04. The van der Waals surface area contributed by atoms with Crippen LogP contribution >= 0.6 is 0 Å². The molecule has 5 nitrogen and oxygen atoms in total. The smallest absolute Gasteiger partial charge is 0.306 e. The molecule has 0 saturated heterocycles. The van der Waals surface area contributed by atoms with Gasteiger partial charge in [-0.2, -0.15) is 5.26 Å². The van der Waals surface area contributed by atoms with E-state index in [1.165, 1.54) is 0 Å². The van der Waals surface area contributed by atoms with Crippen molar-refractivity contribution in [1.82, 2.24) is 4.98 Å². The van der Waals surface area contributed by atoms with Gasteiger partial charge >= 0.3 is 5.97 Å². The summed E-state index contributed by atoms with van der Waals surface area (Å²) in [5.41, 5.74) is 0.576. The first kappa shape index (κ1) is 12.4. The first-order chi connectivity index (χ1) is 8.69. The Morgan fingerprint density at radius 2 is 2.17 bits per heavy atom. The SMILES string of the molecule is N#Cc1ccnc(NC2CCC(C(=O)O)CC2)c1. The summed E-state index contributed by atoms with van der Waals surface area (Å²) in [7, 11) is 0. The summed E-state index contributed by atoms with van der Waals surface area (Å²) in [5.74, 6) is -0.215. The van der Waals surface area contributed by atoms with Gasteiger partial charge in [0.15, 0.2) is 0 Å². The first-order valence-electron chi connectivity index (χ1n) is 6.04. The molecule has 0 amide bonds. The largest absolute Gasteiger partial charge is 0.481 e. The molecule has 0 spiro atoms. The zero-order valence-electron chi connectivity index (χ0n) is 9.97. The number of aliphatic carboxylic acids is 1. The normalized spacial score (nSPS) is 23.1. The highest BCUT2D eigenvalue weighted by molar-refractivity contribution is 5.70. The number of rotatable bonds is 3. The Bertz CT molecular complexity index is 473. The summed E-state index contributed by atoms with van der Waals surface area (Å²) in [6.45, 7) is 0. The Kier molecular flexibility index (Phi) is 3.78. The van der Waals surface area contributed by atoms with E-state index in [4.69, 9.17) is 10.4 Å². The van der Waals surface area contributed by atoms with E-state index >= 15 is 0 Å². The van der Waals surface area contributed by atoms with Crippen LogP contribution < -0.4 is 5.32 Å². The molecule has 0 atom stereocenters. The lowest BCUT2D eigenvalue weighted by Crippen LogP contribution is -2.29. The van der Waals surface area contributed by atoms with Crippen LogP contribution in [0.5, 0.6) is 0 Å². The minimum absolute atomic E-state index is 0.207. The maximum Gasteiger partial charge on any atom is 0.306 e. The van der Waals surface area contributed by atoms with E-state index < -0.39 is 5.97 Å². The summed E-state index contributed by atoms with van der Waals surface area (Å²) in [6.07, 6.45) is 4.66. The number of hydrogen-bond acceptors (Lipinski definition) is 4. The molecule has 94 valence electrons. The van der Waals surface area contributed by atoms with Gasteiger partial charge in [-0.05, 0) is 37.8 Å². The van der Waals surface area contributed by atoms with Gasteiger partial charge in [0.25, 0.3) is 0 Å². The highest BCUT2D eigenvalue weighted by atomic mass is 16.4. The molecule has 1 aliphatic carbocycles. The second-order valence-electron chi connectivity index (χ2n) is 4.57. The van der Waals surface area contributed by atoms with Gasteiger partial charge in [-0.15, -0.1) is 0 Å². The maximum atomic E-state index is 10.8. The second kappa shape index (κ2) is 5.50. The predicted molar refractivity (Wildman–Crippen MR) is 66.0 cm³/mol. The van der Waals surface area contributed by atoms with E-state index in [0.717, 1.165) is 12.8 Å². The Balaban J connectivity index is 1.91. The van der Waals surface area contributed by atoms with Crippen molar-refractivity contribution in [3.05, 3.63) is 23.9 Å². The molecule has 5 heteroatoms. The molecule has 1 aromatic heterocycles. The molecule has 0 aromatic carbocycles. The summed E-state index contributed by atoms with van der Waals surface area (Å²) in [4.78, 5) is 15.0. The maximum absolute atomic E-state index is 10.8. The van der Waals surface area contributed by atoms with E-state index in [9.17, 15) is 4.79 Å². The summed E-state index contributed by atoms with van der Waals surface area (Å²) < 4.78 is 0. The number of carboxylic acids is 1. The van der Waals surface area contributed by atoms with Crippen LogP contribution in [0.2, 0.25) is 0 Å². The van der Waals surface area contributed by atoms with Crippen molar-refractivity contribution in [2.75, 3.05) is 5.32 Å². The van der Waals surface area contributed by atoms with Crippen LogP contribution in [0.15, 0.2) is 18.3 Å². The van der Waals surface area contributed by atoms with E-state index in [2.05, 4.69) is 16.4 Å². The molecular weight excluding hydrogens is 230 g/mol. The predicted octanol–water partition coefficient (Wildman–Crippen LogP) is 2.01. The number of nitrogens with zero attached hydrogens (tertiary/aromatic N) is 2. The van der Waals surface area contributed by atoms with Crippen molar-refractivity contribution >= 4 is 11.8 Å². The fourth-order valence-corrected chi connectivity index (χ4v) is 2.27. The van der Waals surface area contributed by atoms with Crippen LogP contribution in [0.3, 0.4) is 0 Å². The lowest BCUT2D eigenvalue weighted by molar-refractivity contribution is -0.142. The standard InChI is InChI=1S/C13H15N3O2/c14-8-9-5-6-15-12(7-9)16-11-3-1-10(2-4-11)13(17)18/h5-7,10-11H,1-4H2,(H,15,16)(H,17,18). The van der Waals surface area contributed by atoms with Gasteiger partial charge in [-0.25, -0.2) is 4.98 Å². The molecule has 18 heavy (non-hydrogen) atoms. The summed E-state index contributed by atoms with van der Waals surface area (Å²) in [6, 6.07) is 5.69. The molecule has 1 heterocycles. The van der Waals surface area contributed by atoms with Gasteiger partial charge in [0.1, 0.15) is 5.82 Å². The van der Waals surface area contributed by atoms with Gasteiger partial charge < -0.3 is 10.4 Å². The average Bonchev–Trinajstić information content (AvgIpc) is 2.39. The zero-order chi connectivity index (χ0) is 13.0. The number of aromatic nitrogens is 1. The molecule has 2 rings (SSSR count). The number of nitriles is 1. The van der Waals surface area contributed by atoms with Crippen LogP contribution in [-0.2, 0) is 4.79 Å². The van der Waals surface area contributed by atoms with Crippen molar-refractivity contribution in [2.45, 2.75) is 31.7 Å². The molecule has 0 unspecified atom stereocenters. The topological polar surface area (TPSA) is 86.0 Å². The minimum Gasteiger partial charge on any atom is -0.481 e.